The Morgan fingerprint density at radius 1 is 1.40 bits per heavy atom. The summed E-state index contributed by atoms with van der Waals surface area (Å²) in [5.74, 6) is -0.424. The van der Waals surface area contributed by atoms with E-state index in [0.29, 0.717) is 13.2 Å². The summed E-state index contributed by atoms with van der Waals surface area (Å²) in [6.45, 7) is 1.17. The molecular formula is C12H17Cl2NO4S. The van der Waals surface area contributed by atoms with Crippen LogP contribution in [0.2, 0.25) is 10.0 Å². The maximum Gasteiger partial charge on any atom is 0.182 e. The molecule has 1 unspecified atom stereocenters. The van der Waals surface area contributed by atoms with Crippen LogP contribution in [-0.4, -0.2) is 52.2 Å². The Kier molecular flexibility index (Phi) is 7.22. The molecule has 8 heteroatoms. The van der Waals surface area contributed by atoms with Gasteiger partial charge in [-0.15, -0.1) is 0 Å². The second-order valence-corrected chi connectivity index (χ2v) is 7.05. The standard InChI is InChI=1S/C12H17Cl2NO4S/c1-19-5-4-15-7-10(16)8-20(17,18)12-6-9(13)2-3-11(12)14/h2-3,6,10,15-16H,4-5,7-8H2,1H3. The molecule has 0 aromatic heterocycles. The minimum atomic E-state index is -3.69. The first-order chi connectivity index (χ1) is 9.36. The molecule has 1 aromatic rings. The largest absolute Gasteiger partial charge is 0.391 e. The summed E-state index contributed by atoms with van der Waals surface area (Å²) in [5.41, 5.74) is 0. The third-order valence-corrected chi connectivity index (χ3v) is 5.01. The molecule has 0 aliphatic heterocycles. The van der Waals surface area contributed by atoms with Gasteiger partial charge in [0.2, 0.25) is 0 Å². The summed E-state index contributed by atoms with van der Waals surface area (Å²) in [7, 11) is -2.13. The summed E-state index contributed by atoms with van der Waals surface area (Å²) in [5, 5.41) is 13.0. The molecule has 20 heavy (non-hydrogen) atoms. The lowest BCUT2D eigenvalue weighted by atomic mass is 10.4. The molecule has 0 aliphatic rings. The quantitative estimate of drug-likeness (QED) is 0.698. The van der Waals surface area contributed by atoms with Gasteiger partial charge in [0, 0.05) is 25.2 Å². The van der Waals surface area contributed by atoms with Crippen molar-refractivity contribution < 1.29 is 18.3 Å². The van der Waals surface area contributed by atoms with Crippen molar-refractivity contribution in [2.45, 2.75) is 11.0 Å². The van der Waals surface area contributed by atoms with Crippen LogP contribution in [0.15, 0.2) is 23.1 Å². The summed E-state index contributed by atoms with van der Waals surface area (Å²) < 4.78 is 29.1. The number of methoxy groups -OCH3 is 1. The van der Waals surface area contributed by atoms with Gasteiger partial charge in [-0.3, -0.25) is 0 Å². The highest BCUT2D eigenvalue weighted by molar-refractivity contribution is 7.91. The van der Waals surface area contributed by atoms with Crippen LogP contribution in [0.5, 0.6) is 0 Å². The summed E-state index contributed by atoms with van der Waals surface area (Å²) >= 11 is 11.6. The average Bonchev–Trinajstić information content (AvgIpc) is 2.37. The number of nitrogens with one attached hydrogen (secondary N) is 1. The van der Waals surface area contributed by atoms with Gasteiger partial charge in [0.05, 0.1) is 28.4 Å². The smallest absolute Gasteiger partial charge is 0.182 e. The number of halogens is 2. The Morgan fingerprint density at radius 2 is 2.10 bits per heavy atom. The third-order valence-electron chi connectivity index (χ3n) is 2.50. The van der Waals surface area contributed by atoms with E-state index >= 15 is 0 Å². The van der Waals surface area contributed by atoms with Crippen molar-refractivity contribution in [3.05, 3.63) is 28.2 Å². The average molecular weight is 342 g/mol. The Balaban J connectivity index is 2.67. The summed E-state index contributed by atoms with van der Waals surface area (Å²) in [6.07, 6.45) is -1.04. The second kappa shape index (κ2) is 8.17. The predicted molar refractivity (Wildman–Crippen MR) is 79.3 cm³/mol. The molecule has 0 heterocycles. The number of ether oxygens (including phenoxy) is 1. The monoisotopic (exact) mass is 341 g/mol. The number of benzene rings is 1. The molecule has 0 aliphatic carbocycles. The Labute approximate surface area is 128 Å². The molecule has 2 N–H and O–H groups in total. The molecule has 1 atom stereocenters. The molecule has 1 rings (SSSR count). The van der Waals surface area contributed by atoms with E-state index in [1.54, 1.807) is 7.11 Å². The minimum Gasteiger partial charge on any atom is -0.391 e. The number of hydrogen-bond donors (Lipinski definition) is 2. The number of aliphatic hydroxyl groups is 1. The topological polar surface area (TPSA) is 75.6 Å². The first-order valence-corrected chi connectivity index (χ1v) is 8.33. The van der Waals surface area contributed by atoms with Crippen molar-refractivity contribution in [1.82, 2.24) is 5.32 Å². The fourth-order valence-electron chi connectivity index (χ4n) is 1.56. The molecule has 0 radical (unpaired) electrons. The van der Waals surface area contributed by atoms with E-state index in [4.69, 9.17) is 27.9 Å². The van der Waals surface area contributed by atoms with E-state index in [-0.39, 0.29) is 21.5 Å². The molecule has 0 fully saturated rings. The molecule has 0 amide bonds. The van der Waals surface area contributed by atoms with Gasteiger partial charge in [0.1, 0.15) is 0 Å². The van der Waals surface area contributed by atoms with Crippen LogP contribution in [-0.2, 0) is 14.6 Å². The number of rotatable bonds is 8. The second-order valence-electron chi connectivity index (χ2n) is 4.21. The molecule has 0 saturated heterocycles. The van der Waals surface area contributed by atoms with Gasteiger partial charge in [-0.1, -0.05) is 23.2 Å². The Morgan fingerprint density at radius 3 is 2.75 bits per heavy atom. The van der Waals surface area contributed by atoms with Crippen LogP contribution >= 0.6 is 23.2 Å². The van der Waals surface area contributed by atoms with Crippen molar-refractivity contribution in [2.75, 3.05) is 32.6 Å². The zero-order valence-electron chi connectivity index (χ0n) is 11.0. The first kappa shape index (κ1) is 17.7. The van der Waals surface area contributed by atoms with E-state index in [1.165, 1.54) is 18.2 Å². The molecule has 0 spiro atoms. The van der Waals surface area contributed by atoms with Crippen LogP contribution in [0.25, 0.3) is 0 Å². The van der Waals surface area contributed by atoms with E-state index in [1.807, 2.05) is 0 Å². The van der Waals surface area contributed by atoms with Crippen molar-refractivity contribution in [1.29, 1.82) is 0 Å². The van der Waals surface area contributed by atoms with Crippen molar-refractivity contribution >= 4 is 33.0 Å². The van der Waals surface area contributed by atoms with E-state index in [9.17, 15) is 13.5 Å². The fourth-order valence-corrected chi connectivity index (χ4v) is 3.74. The SMILES string of the molecule is COCCNCC(O)CS(=O)(=O)c1cc(Cl)ccc1Cl. The lowest BCUT2D eigenvalue weighted by Crippen LogP contribution is -2.34. The van der Waals surface area contributed by atoms with Gasteiger partial charge < -0.3 is 15.2 Å². The molecule has 0 bridgehead atoms. The number of sulfone groups is 1. The fraction of sp³-hybridized carbons (Fsp3) is 0.500. The third kappa shape index (κ3) is 5.55. The zero-order valence-corrected chi connectivity index (χ0v) is 13.3. The summed E-state index contributed by atoms with van der Waals surface area (Å²) in [6, 6.07) is 4.20. The van der Waals surface area contributed by atoms with Gasteiger partial charge in [-0.05, 0) is 18.2 Å². The predicted octanol–water partition coefficient (Wildman–Crippen LogP) is 1.36. The molecule has 1 aromatic carbocycles. The van der Waals surface area contributed by atoms with Crippen LogP contribution in [0.3, 0.4) is 0 Å². The van der Waals surface area contributed by atoms with E-state index in [0.717, 1.165) is 0 Å². The van der Waals surface area contributed by atoms with Crippen LogP contribution < -0.4 is 5.32 Å². The summed E-state index contributed by atoms with van der Waals surface area (Å²) in [4.78, 5) is -0.0670. The van der Waals surface area contributed by atoms with Gasteiger partial charge in [-0.25, -0.2) is 8.42 Å². The van der Waals surface area contributed by atoms with E-state index in [2.05, 4.69) is 5.32 Å². The minimum absolute atomic E-state index is 0.0670. The lowest BCUT2D eigenvalue weighted by Gasteiger charge is -2.13. The molecule has 5 nitrogen and oxygen atoms in total. The van der Waals surface area contributed by atoms with Crippen LogP contribution in [0, 0.1) is 0 Å². The Hall–Kier alpha value is -0.370. The van der Waals surface area contributed by atoms with Crippen LogP contribution in [0.1, 0.15) is 0 Å². The zero-order chi connectivity index (χ0) is 15.2. The van der Waals surface area contributed by atoms with Crippen molar-refractivity contribution in [2.24, 2.45) is 0 Å². The number of hydrogen-bond acceptors (Lipinski definition) is 5. The van der Waals surface area contributed by atoms with Gasteiger partial charge in [-0.2, -0.15) is 0 Å². The molecule has 114 valence electrons. The first-order valence-electron chi connectivity index (χ1n) is 5.92. The maximum absolute atomic E-state index is 12.1. The van der Waals surface area contributed by atoms with Gasteiger partial charge >= 0.3 is 0 Å². The molecule has 0 saturated carbocycles. The highest BCUT2D eigenvalue weighted by Crippen LogP contribution is 2.26. The maximum atomic E-state index is 12.1. The van der Waals surface area contributed by atoms with E-state index < -0.39 is 21.7 Å². The van der Waals surface area contributed by atoms with Gasteiger partial charge in [0.25, 0.3) is 0 Å². The van der Waals surface area contributed by atoms with Crippen molar-refractivity contribution in [3.63, 3.8) is 0 Å². The Bertz CT molecular complexity index is 536. The van der Waals surface area contributed by atoms with Crippen molar-refractivity contribution in [3.8, 4) is 0 Å². The number of aliphatic hydroxyl groups excluding tert-OH is 1. The highest BCUT2D eigenvalue weighted by atomic mass is 35.5. The highest BCUT2D eigenvalue weighted by Gasteiger charge is 2.22. The molecular weight excluding hydrogens is 325 g/mol. The normalized spacial score (nSPS) is 13.4. The van der Waals surface area contributed by atoms with Crippen LogP contribution in [0.4, 0.5) is 0 Å². The van der Waals surface area contributed by atoms with Gasteiger partial charge in [0.15, 0.2) is 9.84 Å². The lowest BCUT2D eigenvalue weighted by molar-refractivity contribution is 0.174.